The van der Waals surface area contributed by atoms with Gasteiger partial charge in [0.05, 0.1) is 6.10 Å². The highest BCUT2D eigenvalue weighted by Crippen LogP contribution is 2.24. The van der Waals surface area contributed by atoms with Crippen LogP contribution in [0, 0.1) is 5.92 Å². The highest BCUT2D eigenvalue weighted by Gasteiger charge is 2.22. The van der Waals surface area contributed by atoms with Gasteiger partial charge in [0, 0.05) is 19.7 Å². The van der Waals surface area contributed by atoms with Crippen LogP contribution in [-0.2, 0) is 4.74 Å². The number of ether oxygens (including phenoxy) is 1. The summed E-state index contributed by atoms with van der Waals surface area (Å²) in [4.78, 5) is 0. The van der Waals surface area contributed by atoms with Crippen LogP contribution in [-0.4, -0.2) is 30.8 Å². The summed E-state index contributed by atoms with van der Waals surface area (Å²) >= 11 is 0. The van der Waals surface area contributed by atoms with Crippen LogP contribution in [0.2, 0.25) is 0 Å². The summed E-state index contributed by atoms with van der Waals surface area (Å²) in [6.07, 6.45) is 9.56. The van der Waals surface area contributed by atoms with Crippen LogP contribution in [0.1, 0.15) is 44.9 Å². The summed E-state index contributed by atoms with van der Waals surface area (Å²) in [6, 6.07) is 0. The normalized spacial score (nSPS) is 35.0. The third-order valence-electron chi connectivity index (χ3n) is 3.67. The van der Waals surface area contributed by atoms with E-state index in [-0.39, 0.29) is 0 Å². The highest BCUT2D eigenvalue weighted by atomic mass is 16.5. The number of rotatable bonds is 2. The first kappa shape index (κ1) is 11.4. The number of hydrogen-bond donors (Lipinski definition) is 1. The molecule has 0 saturated carbocycles. The highest BCUT2D eigenvalue weighted by molar-refractivity contribution is 4.73. The molecule has 0 aromatic carbocycles. The van der Waals surface area contributed by atoms with E-state index in [9.17, 15) is 0 Å². The van der Waals surface area contributed by atoms with Crippen molar-refractivity contribution in [2.24, 2.45) is 11.8 Å². The Labute approximate surface area is 92.9 Å². The average molecular weight is 212 g/mol. The van der Waals surface area contributed by atoms with Crippen molar-refractivity contribution >= 4 is 0 Å². The molecule has 2 fully saturated rings. The maximum Gasteiger partial charge on any atom is 0.0578 e. The van der Waals surface area contributed by atoms with Gasteiger partial charge in [-0.15, -0.1) is 0 Å². The van der Waals surface area contributed by atoms with Crippen molar-refractivity contribution in [1.82, 2.24) is 5.01 Å². The lowest BCUT2D eigenvalue weighted by atomic mass is 9.93. The Morgan fingerprint density at radius 3 is 2.80 bits per heavy atom. The lowest BCUT2D eigenvalue weighted by Gasteiger charge is -2.27. The van der Waals surface area contributed by atoms with Gasteiger partial charge in [-0.05, 0) is 44.4 Å². The van der Waals surface area contributed by atoms with E-state index in [1.165, 1.54) is 44.9 Å². The second kappa shape index (κ2) is 5.83. The van der Waals surface area contributed by atoms with Crippen LogP contribution in [0.4, 0.5) is 0 Å². The minimum atomic E-state index is 0.523. The molecule has 0 aromatic rings. The molecule has 0 aromatic heterocycles. The molecule has 0 aliphatic carbocycles. The van der Waals surface area contributed by atoms with Crippen LogP contribution in [0.5, 0.6) is 0 Å². The van der Waals surface area contributed by atoms with Crippen LogP contribution in [0.15, 0.2) is 0 Å². The molecule has 2 N–H and O–H groups in total. The van der Waals surface area contributed by atoms with Crippen molar-refractivity contribution in [2.45, 2.75) is 51.0 Å². The van der Waals surface area contributed by atoms with Crippen molar-refractivity contribution in [3.05, 3.63) is 0 Å². The van der Waals surface area contributed by atoms with E-state index >= 15 is 0 Å². The first-order chi connectivity index (χ1) is 7.34. The van der Waals surface area contributed by atoms with E-state index in [2.05, 4.69) is 0 Å². The molecule has 3 heteroatoms. The monoisotopic (exact) mass is 212 g/mol. The van der Waals surface area contributed by atoms with E-state index in [1.54, 1.807) is 0 Å². The van der Waals surface area contributed by atoms with Gasteiger partial charge in [0.2, 0.25) is 0 Å². The van der Waals surface area contributed by atoms with Crippen molar-refractivity contribution < 1.29 is 4.74 Å². The Kier molecular flexibility index (Phi) is 4.42. The predicted octanol–water partition coefficient (Wildman–Crippen LogP) is 1.92. The molecule has 0 amide bonds. The quantitative estimate of drug-likeness (QED) is 0.711. The maximum absolute atomic E-state index is 5.92. The summed E-state index contributed by atoms with van der Waals surface area (Å²) in [5, 5.41) is 2.00. The second-order valence-electron chi connectivity index (χ2n) is 5.08. The molecule has 2 unspecified atom stereocenters. The van der Waals surface area contributed by atoms with E-state index in [4.69, 9.17) is 10.6 Å². The standard InChI is InChI=1S/C12H24N2O/c13-14-7-3-1-5-11(10-14)9-12-6-2-4-8-15-12/h11-12H,1-10,13H2. The van der Waals surface area contributed by atoms with Gasteiger partial charge in [0.1, 0.15) is 0 Å². The molecule has 2 rings (SSSR count). The van der Waals surface area contributed by atoms with Gasteiger partial charge in [-0.25, -0.2) is 5.01 Å². The molecule has 2 aliphatic heterocycles. The summed E-state index contributed by atoms with van der Waals surface area (Å²) < 4.78 is 5.80. The number of nitrogens with zero attached hydrogens (tertiary/aromatic N) is 1. The van der Waals surface area contributed by atoms with E-state index in [0.717, 1.165) is 25.6 Å². The van der Waals surface area contributed by atoms with Crippen LogP contribution < -0.4 is 5.84 Å². The number of nitrogens with two attached hydrogens (primary N) is 1. The van der Waals surface area contributed by atoms with Crippen molar-refractivity contribution in [2.75, 3.05) is 19.7 Å². The largest absolute Gasteiger partial charge is 0.378 e. The van der Waals surface area contributed by atoms with Crippen LogP contribution >= 0.6 is 0 Å². The Hall–Kier alpha value is -0.120. The second-order valence-corrected chi connectivity index (χ2v) is 5.08. The Bertz CT molecular complexity index is 180. The summed E-state index contributed by atoms with van der Waals surface area (Å²) in [6.45, 7) is 3.12. The predicted molar refractivity (Wildman–Crippen MR) is 61.3 cm³/mol. The molecule has 3 nitrogen and oxygen atoms in total. The van der Waals surface area contributed by atoms with E-state index in [0.29, 0.717) is 6.10 Å². The SMILES string of the molecule is NN1CCCCC(CC2CCCCO2)C1. The smallest absolute Gasteiger partial charge is 0.0578 e. The minimum absolute atomic E-state index is 0.523. The van der Waals surface area contributed by atoms with Crippen LogP contribution in [0.3, 0.4) is 0 Å². The summed E-state index contributed by atoms with van der Waals surface area (Å²) in [5.41, 5.74) is 0. The third-order valence-corrected chi connectivity index (χ3v) is 3.67. The molecule has 88 valence electrons. The topological polar surface area (TPSA) is 38.5 Å². The lowest BCUT2D eigenvalue weighted by molar-refractivity contribution is -0.00143. The zero-order valence-corrected chi connectivity index (χ0v) is 9.66. The van der Waals surface area contributed by atoms with Crippen LogP contribution in [0.25, 0.3) is 0 Å². The van der Waals surface area contributed by atoms with Crippen molar-refractivity contribution in [3.63, 3.8) is 0 Å². The molecular formula is C12H24N2O. The molecule has 0 bridgehead atoms. The fourth-order valence-corrected chi connectivity index (χ4v) is 2.82. The first-order valence-electron chi connectivity index (χ1n) is 6.46. The van der Waals surface area contributed by atoms with Gasteiger partial charge < -0.3 is 4.74 Å². The minimum Gasteiger partial charge on any atom is -0.378 e. The lowest BCUT2D eigenvalue weighted by Crippen LogP contribution is -2.36. The first-order valence-corrected chi connectivity index (χ1v) is 6.46. The summed E-state index contributed by atoms with van der Waals surface area (Å²) in [7, 11) is 0. The zero-order chi connectivity index (χ0) is 10.5. The van der Waals surface area contributed by atoms with Gasteiger partial charge in [-0.2, -0.15) is 0 Å². The Balaban J connectivity index is 1.76. The maximum atomic E-state index is 5.92. The van der Waals surface area contributed by atoms with Crippen molar-refractivity contribution in [1.29, 1.82) is 0 Å². The van der Waals surface area contributed by atoms with Gasteiger partial charge in [-0.1, -0.05) is 6.42 Å². The fraction of sp³-hybridized carbons (Fsp3) is 1.00. The van der Waals surface area contributed by atoms with Gasteiger partial charge in [0.15, 0.2) is 0 Å². The molecule has 0 spiro atoms. The zero-order valence-electron chi connectivity index (χ0n) is 9.66. The molecule has 2 aliphatic rings. The van der Waals surface area contributed by atoms with Crippen molar-refractivity contribution in [3.8, 4) is 0 Å². The summed E-state index contributed by atoms with van der Waals surface area (Å²) in [5.74, 6) is 6.69. The van der Waals surface area contributed by atoms with Gasteiger partial charge >= 0.3 is 0 Å². The van der Waals surface area contributed by atoms with E-state index < -0.39 is 0 Å². The molecule has 2 heterocycles. The van der Waals surface area contributed by atoms with Gasteiger partial charge in [0.25, 0.3) is 0 Å². The molecule has 2 atom stereocenters. The molecule has 0 radical (unpaired) electrons. The third kappa shape index (κ3) is 3.74. The van der Waals surface area contributed by atoms with E-state index in [1.807, 2.05) is 5.01 Å². The Morgan fingerprint density at radius 2 is 2.00 bits per heavy atom. The molecule has 15 heavy (non-hydrogen) atoms. The van der Waals surface area contributed by atoms with Gasteiger partial charge in [-0.3, -0.25) is 5.84 Å². The average Bonchev–Trinajstić information content (AvgIpc) is 2.44. The Morgan fingerprint density at radius 1 is 1.13 bits per heavy atom. The fourth-order valence-electron chi connectivity index (χ4n) is 2.82. The number of hydrazine groups is 1. The molecule has 2 saturated heterocycles. The number of hydrogen-bond acceptors (Lipinski definition) is 3. The molecular weight excluding hydrogens is 188 g/mol.